The lowest BCUT2D eigenvalue weighted by Gasteiger charge is -2.10. The van der Waals surface area contributed by atoms with Crippen LogP contribution in [-0.2, 0) is 17.7 Å². The molecule has 0 fully saturated rings. The second-order valence-electron chi connectivity index (χ2n) is 3.40. The molecule has 0 aromatic carbocycles. The number of methoxy groups -OCH3 is 1. The molecular weight excluding hydrogens is 178 g/mol. The number of ether oxygens (including phenoxy) is 1. The Morgan fingerprint density at radius 2 is 2.43 bits per heavy atom. The van der Waals surface area contributed by atoms with E-state index in [2.05, 4.69) is 16.5 Å². The third kappa shape index (κ3) is 3.12. The Labute approximate surface area is 85.1 Å². The molecule has 1 unspecified atom stereocenters. The van der Waals surface area contributed by atoms with Crippen LogP contribution in [0.25, 0.3) is 0 Å². The monoisotopic (exact) mass is 197 g/mol. The zero-order valence-corrected chi connectivity index (χ0v) is 8.94. The van der Waals surface area contributed by atoms with E-state index in [9.17, 15) is 0 Å². The fourth-order valence-corrected chi connectivity index (χ4v) is 1.30. The summed E-state index contributed by atoms with van der Waals surface area (Å²) in [6.07, 6.45) is 5.61. The summed E-state index contributed by atoms with van der Waals surface area (Å²) >= 11 is 0. The molecule has 4 nitrogen and oxygen atoms in total. The van der Waals surface area contributed by atoms with Gasteiger partial charge >= 0.3 is 0 Å². The highest BCUT2D eigenvalue weighted by Crippen LogP contribution is 2.02. The molecule has 14 heavy (non-hydrogen) atoms. The Balaban J connectivity index is 2.53. The van der Waals surface area contributed by atoms with Gasteiger partial charge in [0.15, 0.2) is 0 Å². The molecule has 0 aliphatic rings. The molecule has 1 rings (SSSR count). The Morgan fingerprint density at radius 1 is 1.64 bits per heavy atom. The van der Waals surface area contributed by atoms with Gasteiger partial charge in [-0.15, -0.1) is 0 Å². The standard InChI is InChI=1S/C10H19N3O/c1-3-9(11)8-10-12-4-5-13(10)6-7-14-2/h4-5,9H,3,6-8,11H2,1-2H3. The lowest BCUT2D eigenvalue weighted by atomic mass is 10.1. The van der Waals surface area contributed by atoms with Gasteiger partial charge in [0.1, 0.15) is 5.82 Å². The minimum atomic E-state index is 0.207. The number of nitrogens with zero attached hydrogens (tertiary/aromatic N) is 2. The van der Waals surface area contributed by atoms with Crippen molar-refractivity contribution >= 4 is 0 Å². The van der Waals surface area contributed by atoms with Crippen molar-refractivity contribution < 1.29 is 4.74 Å². The van der Waals surface area contributed by atoms with Gasteiger partial charge in [0.05, 0.1) is 6.61 Å². The van der Waals surface area contributed by atoms with Crippen molar-refractivity contribution in [1.29, 1.82) is 0 Å². The van der Waals surface area contributed by atoms with Gasteiger partial charge < -0.3 is 15.0 Å². The van der Waals surface area contributed by atoms with Crippen molar-refractivity contribution in [2.75, 3.05) is 13.7 Å². The topological polar surface area (TPSA) is 53.1 Å². The first-order valence-corrected chi connectivity index (χ1v) is 5.02. The Hall–Kier alpha value is -0.870. The van der Waals surface area contributed by atoms with Crippen LogP contribution in [0.15, 0.2) is 12.4 Å². The predicted molar refractivity (Wildman–Crippen MR) is 56.1 cm³/mol. The molecule has 1 aromatic heterocycles. The lowest BCUT2D eigenvalue weighted by Crippen LogP contribution is -2.24. The fourth-order valence-electron chi connectivity index (χ4n) is 1.30. The smallest absolute Gasteiger partial charge is 0.110 e. The molecule has 0 aliphatic carbocycles. The first-order valence-electron chi connectivity index (χ1n) is 5.02. The van der Waals surface area contributed by atoms with E-state index >= 15 is 0 Å². The van der Waals surface area contributed by atoms with E-state index in [-0.39, 0.29) is 6.04 Å². The summed E-state index contributed by atoms with van der Waals surface area (Å²) in [5.41, 5.74) is 5.88. The van der Waals surface area contributed by atoms with Crippen LogP contribution in [0.3, 0.4) is 0 Å². The molecule has 1 heterocycles. The average Bonchev–Trinajstić information content (AvgIpc) is 2.62. The van der Waals surface area contributed by atoms with E-state index in [4.69, 9.17) is 10.5 Å². The van der Waals surface area contributed by atoms with Gasteiger partial charge in [-0.2, -0.15) is 0 Å². The molecule has 80 valence electrons. The van der Waals surface area contributed by atoms with E-state index < -0.39 is 0 Å². The molecule has 1 aromatic rings. The van der Waals surface area contributed by atoms with Crippen LogP contribution in [0.4, 0.5) is 0 Å². The fraction of sp³-hybridized carbons (Fsp3) is 0.700. The van der Waals surface area contributed by atoms with Crippen LogP contribution in [0.1, 0.15) is 19.2 Å². The van der Waals surface area contributed by atoms with Crippen LogP contribution >= 0.6 is 0 Å². The summed E-state index contributed by atoms with van der Waals surface area (Å²) in [6, 6.07) is 0.207. The predicted octanol–water partition coefficient (Wildman–Crippen LogP) is 0.809. The van der Waals surface area contributed by atoms with Gasteiger partial charge in [-0.1, -0.05) is 6.92 Å². The molecule has 0 amide bonds. The van der Waals surface area contributed by atoms with E-state index in [0.717, 1.165) is 25.2 Å². The highest BCUT2D eigenvalue weighted by atomic mass is 16.5. The summed E-state index contributed by atoms with van der Waals surface area (Å²) in [4.78, 5) is 4.28. The summed E-state index contributed by atoms with van der Waals surface area (Å²) < 4.78 is 7.12. The van der Waals surface area contributed by atoms with Gasteiger partial charge in [-0.05, 0) is 6.42 Å². The SMILES string of the molecule is CCC(N)Cc1nccn1CCOC. The summed E-state index contributed by atoms with van der Waals surface area (Å²) in [5, 5.41) is 0. The van der Waals surface area contributed by atoms with Crippen molar-refractivity contribution in [3.63, 3.8) is 0 Å². The molecule has 2 N–H and O–H groups in total. The van der Waals surface area contributed by atoms with Gasteiger partial charge in [-0.3, -0.25) is 0 Å². The van der Waals surface area contributed by atoms with Crippen molar-refractivity contribution in [2.24, 2.45) is 5.73 Å². The summed E-state index contributed by atoms with van der Waals surface area (Å²) in [5.74, 6) is 1.05. The third-order valence-corrected chi connectivity index (χ3v) is 2.31. The summed E-state index contributed by atoms with van der Waals surface area (Å²) in [6.45, 7) is 3.65. The van der Waals surface area contributed by atoms with Crippen molar-refractivity contribution in [3.05, 3.63) is 18.2 Å². The average molecular weight is 197 g/mol. The number of imidazole rings is 1. The van der Waals surface area contributed by atoms with E-state index in [1.54, 1.807) is 7.11 Å². The molecule has 0 bridgehead atoms. The zero-order chi connectivity index (χ0) is 10.4. The molecule has 4 heteroatoms. The van der Waals surface area contributed by atoms with Gasteiger partial charge in [0.2, 0.25) is 0 Å². The Bertz CT molecular complexity index is 260. The molecule has 0 saturated carbocycles. The third-order valence-electron chi connectivity index (χ3n) is 2.31. The molecule has 0 aliphatic heterocycles. The minimum Gasteiger partial charge on any atom is -0.383 e. The van der Waals surface area contributed by atoms with Gasteiger partial charge in [-0.25, -0.2) is 4.98 Å². The van der Waals surface area contributed by atoms with E-state index in [1.165, 1.54) is 0 Å². The van der Waals surface area contributed by atoms with Crippen LogP contribution in [-0.4, -0.2) is 29.3 Å². The maximum Gasteiger partial charge on any atom is 0.110 e. The number of hydrogen-bond acceptors (Lipinski definition) is 3. The van der Waals surface area contributed by atoms with E-state index in [1.807, 2.05) is 12.4 Å². The molecule has 1 atom stereocenters. The molecule has 0 radical (unpaired) electrons. The quantitative estimate of drug-likeness (QED) is 0.734. The van der Waals surface area contributed by atoms with Crippen LogP contribution in [0.5, 0.6) is 0 Å². The second-order valence-corrected chi connectivity index (χ2v) is 3.40. The van der Waals surface area contributed by atoms with Crippen molar-refractivity contribution in [2.45, 2.75) is 32.4 Å². The lowest BCUT2D eigenvalue weighted by molar-refractivity contribution is 0.186. The number of hydrogen-bond donors (Lipinski definition) is 1. The Kier molecular flexibility index (Phi) is 4.62. The maximum atomic E-state index is 5.88. The van der Waals surface area contributed by atoms with Crippen LogP contribution < -0.4 is 5.73 Å². The van der Waals surface area contributed by atoms with Gasteiger partial charge in [0, 0.05) is 38.5 Å². The highest BCUT2D eigenvalue weighted by molar-refractivity contribution is 4.94. The van der Waals surface area contributed by atoms with E-state index in [0.29, 0.717) is 6.61 Å². The number of nitrogens with two attached hydrogens (primary N) is 1. The zero-order valence-electron chi connectivity index (χ0n) is 8.94. The van der Waals surface area contributed by atoms with Crippen LogP contribution in [0, 0.1) is 0 Å². The molecule has 0 spiro atoms. The number of rotatable bonds is 6. The van der Waals surface area contributed by atoms with Crippen molar-refractivity contribution in [1.82, 2.24) is 9.55 Å². The largest absolute Gasteiger partial charge is 0.383 e. The maximum absolute atomic E-state index is 5.88. The Morgan fingerprint density at radius 3 is 3.07 bits per heavy atom. The highest BCUT2D eigenvalue weighted by Gasteiger charge is 2.06. The first-order chi connectivity index (χ1) is 6.77. The normalized spacial score (nSPS) is 13.1. The summed E-state index contributed by atoms with van der Waals surface area (Å²) in [7, 11) is 1.70. The molecule has 0 saturated heterocycles. The second kappa shape index (κ2) is 5.78. The molecular formula is C10H19N3O. The minimum absolute atomic E-state index is 0.207. The first kappa shape index (κ1) is 11.2. The number of aromatic nitrogens is 2. The van der Waals surface area contributed by atoms with Crippen molar-refractivity contribution in [3.8, 4) is 0 Å². The van der Waals surface area contributed by atoms with Crippen LogP contribution in [0.2, 0.25) is 0 Å². The van der Waals surface area contributed by atoms with Gasteiger partial charge in [0.25, 0.3) is 0 Å².